The lowest BCUT2D eigenvalue weighted by Gasteiger charge is -2.18. The third kappa shape index (κ3) is 4.26. The van der Waals surface area contributed by atoms with Gasteiger partial charge in [0.25, 0.3) is 0 Å². The Morgan fingerprint density at radius 3 is 2.75 bits per heavy atom. The lowest BCUT2D eigenvalue weighted by atomic mass is 10.2. The van der Waals surface area contributed by atoms with Gasteiger partial charge in [-0.1, -0.05) is 0 Å². The molecule has 3 aromatic rings. The molecule has 1 amide bonds. The zero-order chi connectivity index (χ0) is 19.5. The molecule has 1 aliphatic rings. The maximum Gasteiger partial charge on any atom is 0.236 e. The Kier molecular flexibility index (Phi) is 5.45. The summed E-state index contributed by atoms with van der Waals surface area (Å²) in [6, 6.07) is 9.10. The van der Waals surface area contributed by atoms with E-state index in [1.54, 1.807) is 5.38 Å². The summed E-state index contributed by atoms with van der Waals surface area (Å²) in [7, 11) is 0. The topological polar surface area (TPSA) is 60.5 Å². The fourth-order valence-corrected chi connectivity index (χ4v) is 4.00. The highest BCUT2D eigenvalue weighted by atomic mass is 32.2. The zero-order valence-corrected chi connectivity index (χ0v) is 16.0. The van der Waals surface area contributed by atoms with Crippen LogP contribution in [-0.2, 0) is 4.79 Å². The molecule has 1 aromatic heterocycles. The molecule has 0 bridgehead atoms. The number of rotatable bonds is 5. The van der Waals surface area contributed by atoms with Crippen LogP contribution in [0.2, 0.25) is 0 Å². The third-order valence-electron chi connectivity index (χ3n) is 3.85. The van der Waals surface area contributed by atoms with E-state index in [9.17, 15) is 13.6 Å². The SMILES string of the molecule is O=C(CSc1ccc2c(c1)OCCO2)Nc1nc(-c2ccc(F)c(F)c2)cs1. The number of nitrogens with one attached hydrogen (secondary N) is 1. The summed E-state index contributed by atoms with van der Waals surface area (Å²) in [6.07, 6.45) is 0. The third-order valence-corrected chi connectivity index (χ3v) is 5.60. The van der Waals surface area contributed by atoms with Crippen molar-refractivity contribution in [3.05, 3.63) is 53.4 Å². The smallest absolute Gasteiger partial charge is 0.236 e. The number of hydrogen-bond donors (Lipinski definition) is 1. The molecule has 0 fully saturated rings. The van der Waals surface area contributed by atoms with E-state index >= 15 is 0 Å². The second kappa shape index (κ2) is 8.15. The van der Waals surface area contributed by atoms with Crippen LogP contribution in [0.3, 0.4) is 0 Å². The Labute approximate surface area is 167 Å². The minimum absolute atomic E-state index is 0.194. The van der Waals surface area contributed by atoms with Crippen molar-refractivity contribution in [2.75, 3.05) is 24.3 Å². The van der Waals surface area contributed by atoms with Crippen LogP contribution in [0.1, 0.15) is 0 Å². The molecular weight excluding hydrogens is 406 g/mol. The molecule has 5 nitrogen and oxygen atoms in total. The molecule has 0 saturated carbocycles. The summed E-state index contributed by atoms with van der Waals surface area (Å²) in [4.78, 5) is 17.3. The van der Waals surface area contributed by atoms with Gasteiger partial charge in [-0.3, -0.25) is 4.79 Å². The number of fused-ring (bicyclic) bond motifs is 1. The Bertz CT molecular complexity index is 1030. The molecule has 4 rings (SSSR count). The number of carbonyl (C=O) groups excluding carboxylic acids is 1. The van der Waals surface area contributed by atoms with Crippen LogP contribution in [0.25, 0.3) is 11.3 Å². The quantitative estimate of drug-likeness (QED) is 0.612. The largest absolute Gasteiger partial charge is 0.486 e. The maximum absolute atomic E-state index is 13.4. The normalized spacial score (nSPS) is 12.6. The predicted octanol–water partition coefficient (Wildman–Crippen LogP) is 4.59. The number of ether oxygens (including phenoxy) is 2. The summed E-state index contributed by atoms with van der Waals surface area (Å²) in [5.74, 6) is -0.498. The van der Waals surface area contributed by atoms with Crippen LogP contribution in [0.5, 0.6) is 11.5 Å². The second-order valence-electron chi connectivity index (χ2n) is 5.81. The summed E-state index contributed by atoms with van der Waals surface area (Å²) in [6.45, 7) is 1.04. The van der Waals surface area contributed by atoms with Gasteiger partial charge in [0, 0.05) is 15.8 Å². The molecule has 0 radical (unpaired) electrons. The van der Waals surface area contributed by atoms with E-state index in [-0.39, 0.29) is 11.7 Å². The molecule has 28 heavy (non-hydrogen) atoms. The first-order valence-electron chi connectivity index (χ1n) is 8.32. The molecule has 2 heterocycles. The van der Waals surface area contributed by atoms with Gasteiger partial charge in [-0.15, -0.1) is 23.1 Å². The fraction of sp³-hybridized carbons (Fsp3) is 0.158. The van der Waals surface area contributed by atoms with Crippen LogP contribution in [0.4, 0.5) is 13.9 Å². The van der Waals surface area contributed by atoms with E-state index in [1.807, 2.05) is 18.2 Å². The number of hydrogen-bond acceptors (Lipinski definition) is 6. The summed E-state index contributed by atoms with van der Waals surface area (Å²) in [5, 5.41) is 4.79. The van der Waals surface area contributed by atoms with Gasteiger partial charge in [-0.05, 0) is 36.4 Å². The molecule has 0 unspecified atom stereocenters. The highest BCUT2D eigenvalue weighted by Gasteiger charge is 2.14. The zero-order valence-electron chi connectivity index (χ0n) is 14.4. The number of thiazole rings is 1. The molecule has 9 heteroatoms. The van der Waals surface area contributed by atoms with Crippen molar-refractivity contribution in [1.29, 1.82) is 0 Å². The Balaban J connectivity index is 1.35. The minimum Gasteiger partial charge on any atom is -0.486 e. The number of anilines is 1. The van der Waals surface area contributed by atoms with Crippen molar-refractivity contribution < 1.29 is 23.0 Å². The van der Waals surface area contributed by atoms with Crippen LogP contribution in [-0.4, -0.2) is 29.9 Å². The number of carbonyl (C=O) groups is 1. The van der Waals surface area contributed by atoms with Crippen LogP contribution in [0, 0.1) is 11.6 Å². The van der Waals surface area contributed by atoms with Crippen LogP contribution in [0.15, 0.2) is 46.7 Å². The summed E-state index contributed by atoms with van der Waals surface area (Å²) >= 11 is 2.58. The van der Waals surface area contributed by atoms with Crippen molar-refractivity contribution in [2.24, 2.45) is 0 Å². The monoisotopic (exact) mass is 420 g/mol. The average Bonchev–Trinajstić information content (AvgIpc) is 3.16. The van der Waals surface area contributed by atoms with E-state index < -0.39 is 11.6 Å². The summed E-state index contributed by atoms with van der Waals surface area (Å²) < 4.78 is 37.4. The molecule has 0 atom stereocenters. The van der Waals surface area contributed by atoms with Gasteiger partial charge < -0.3 is 14.8 Å². The van der Waals surface area contributed by atoms with Crippen molar-refractivity contribution in [1.82, 2.24) is 4.98 Å². The number of benzene rings is 2. The van der Waals surface area contributed by atoms with Crippen molar-refractivity contribution in [3.63, 3.8) is 0 Å². The van der Waals surface area contributed by atoms with Crippen LogP contribution < -0.4 is 14.8 Å². The molecule has 0 saturated heterocycles. The maximum atomic E-state index is 13.4. The van der Waals surface area contributed by atoms with Gasteiger partial charge in [-0.2, -0.15) is 0 Å². The van der Waals surface area contributed by atoms with Crippen molar-refractivity contribution in [2.45, 2.75) is 4.90 Å². The lowest BCUT2D eigenvalue weighted by Crippen LogP contribution is -2.15. The average molecular weight is 420 g/mol. The molecule has 1 aliphatic heterocycles. The Hall–Kier alpha value is -2.65. The van der Waals surface area contributed by atoms with Gasteiger partial charge >= 0.3 is 0 Å². The second-order valence-corrected chi connectivity index (χ2v) is 7.72. The van der Waals surface area contributed by atoms with E-state index in [0.717, 1.165) is 17.0 Å². The minimum atomic E-state index is -0.938. The molecule has 144 valence electrons. The van der Waals surface area contributed by atoms with Crippen molar-refractivity contribution >= 4 is 34.1 Å². The standard InChI is InChI=1S/C19H14F2N2O3S2/c20-13-3-1-11(7-14(13)21)15-9-28-19(22-15)23-18(24)10-27-12-2-4-16-17(8-12)26-6-5-25-16/h1-4,7-9H,5-6,10H2,(H,22,23,24). The first-order valence-corrected chi connectivity index (χ1v) is 10.2. The van der Waals surface area contributed by atoms with E-state index in [0.29, 0.717) is 41.1 Å². The van der Waals surface area contributed by atoms with E-state index in [2.05, 4.69) is 10.3 Å². The van der Waals surface area contributed by atoms with E-state index in [4.69, 9.17) is 9.47 Å². The molecule has 2 aromatic carbocycles. The van der Waals surface area contributed by atoms with Gasteiger partial charge in [0.2, 0.25) is 5.91 Å². The number of halogens is 2. The van der Waals surface area contributed by atoms with E-state index in [1.165, 1.54) is 29.2 Å². The molecule has 1 N–H and O–H groups in total. The number of amides is 1. The molecule has 0 spiro atoms. The highest BCUT2D eigenvalue weighted by molar-refractivity contribution is 8.00. The highest BCUT2D eigenvalue weighted by Crippen LogP contribution is 2.34. The first kappa shape index (κ1) is 18.7. The Morgan fingerprint density at radius 2 is 1.93 bits per heavy atom. The fourth-order valence-electron chi connectivity index (χ4n) is 2.54. The van der Waals surface area contributed by atoms with Gasteiger partial charge in [0.15, 0.2) is 28.3 Å². The molecule has 0 aliphatic carbocycles. The lowest BCUT2D eigenvalue weighted by molar-refractivity contribution is -0.113. The first-order chi connectivity index (χ1) is 13.6. The number of aromatic nitrogens is 1. The predicted molar refractivity (Wildman–Crippen MR) is 104 cm³/mol. The summed E-state index contributed by atoms with van der Waals surface area (Å²) in [5.41, 5.74) is 0.917. The van der Waals surface area contributed by atoms with Gasteiger partial charge in [-0.25, -0.2) is 13.8 Å². The number of nitrogens with zero attached hydrogens (tertiary/aromatic N) is 1. The molecular formula is C19H14F2N2O3S2. The van der Waals surface area contributed by atoms with Crippen LogP contribution >= 0.6 is 23.1 Å². The Morgan fingerprint density at radius 1 is 1.11 bits per heavy atom. The van der Waals surface area contributed by atoms with Gasteiger partial charge in [0.1, 0.15) is 13.2 Å². The number of thioether (sulfide) groups is 1. The van der Waals surface area contributed by atoms with Crippen molar-refractivity contribution in [3.8, 4) is 22.8 Å². The van der Waals surface area contributed by atoms with Gasteiger partial charge in [0.05, 0.1) is 11.4 Å².